The lowest BCUT2D eigenvalue weighted by molar-refractivity contribution is -0.145. The van der Waals surface area contributed by atoms with Gasteiger partial charge in [-0.1, -0.05) is 23.7 Å². The predicted octanol–water partition coefficient (Wildman–Crippen LogP) is 2.29. The number of amides is 2. The molecule has 0 bridgehead atoms. The number of piperidine rings is 1. The number of halogens is 1. The van der Waals surface area contributed by atoms with Gasteiger partial charge in [0, 0.05) is 31.1 Å². The lowest BCUT2D eigenvalue weighted by Crippen LogP contribution is -2.51. The number of hydrogen-bond donors (Lipinski definition) is 1. The molecule has 5 nitrogen and oxygen atoms in total. The maximum Gasteiger partial charge on any atom is 0.242 e. The molecule has 0 aliphatic carbocycles. The quantitative estimate of drug-likeness (QED) is 0.873. The Morgan fingerprint density at radius 3 is 2.56 bits per heavy atom. The molecule has 1 aromatic carbocycles. The number of nitrogens with one attached hydrogen (secondary N) is 1. The zero-order chi connectivity index (χ0) is 17.6. The summed E-state index contributed by atoms with van der Waals surface area (Å²) in [6.45, 7) is 4.12. The van der Waals surface area contributed by atoms with Gasteiger partial charge in [-0.3, -0.25) is 9.59 Å². The molecular weight excluding hydrogens is 338 g/mol. The molecule has 3 rings (SSSR count). The van der Waals surface area contributed by atoms with Crippen LogP contribution in [0.25, 0.3) is 0 Å². The summed E-state index contributed by atoms with van der Waals surface area (Å²) >= 11 is 5.89. The van der Waals surface area contributed by atoms with Crippen LogP contribution in [-0.2, 0) is 16.1 Å². The fourth-order valence-corrected chi connectivity index (χ4v) is 3.68. The summed E-state index contributed by atoms with van der Waals surface area (Å²) < 4.78 is 0. The van der Waals surface area contributed by atoms with Gasteiger partial charge in [0.1, 0.15) is 0 Å². The maximum absolute atomic E-state index is 12.4. The van der Waals surface area contributed by atoms with Crippen LogP contribution in [0.2, 0.25) is 5.02 Å². The number of hydrogen-bond acceptors (Lipinski definition) is 3. The van der Waals surface area contributed by atoms with Gasteiger partial charge in [0.2, 0.25) is 11.8 Å². The van der Waals surface area contributed by atoms with Crippen molar-refractivity contribution < 1.29 is 9.59 Å². The molecule has 2 saturated heterocycles. The van der Waals surface area contributed by atoms with E-state index in [-0.39, 0.29) is 18.4 Å². The third-order valence-corrected chi connectivity index (χ3v) is 5.44. The van der Waals surface area contributed by atoms with Crippen LogP contribution in [0.5, 0.6) is 0 Å². The number of rotatable bonds is 5. The second-order valence-corrected chi connectivity index (χ2v) is 7.43. The fraction of sp³-hybridized carbons (Fsp3) is 0.579. The van der Waals surface area contributed by atoms with E-state index in [1.807, 2.05) is 29.2 Å². The SMILES string of the molecule is O=C(CCC1CCNCC1)N1CCN(Cc2ccc(Cl)cc2)C(=O)C1. The summed E-state index contributed by atoms with van der Waals surface area (Å²) in [6, 6.07) is 7.54. The van der Waals surface area contributed by atoms with E-state index in [1.165, 1.54) is 0 Å². The van der Waals surface area contributed by atoms with E-state index in [0.717, 1.165) is 37.9 Å². The minimum absolute atomic E-state index is 0.0245. The average molecular weight is 364 g/mol. The molecule has 136 valence electrons. The van der Waals surface area contributed by atoms with E-state index in [1.54, 1.807) is 4.90 Å². The fourth-order valence-electron chi connectivity index (χ4n) is 3.55. The van der Waals surface area contributed by atoms with Crippen molar-refractivity contribution in [1.29, 1.82) is 0 Å². The van der Waals surface area contributed by atoms with Crippen molar-refractivity contribution in [3.8, 4) is 0 Å². The first kappa shape index (κ1) is 18.2. The monoisotopic (exact) mass is 363 g/mol. The Bertz CT molecular complexity index is 599. The molecule has 0 saturated carbocycles. The number of carbonyl (C=O) groups excluding carboxylic acids is 2. The van der Waals surface area contributed by atoms with Crippen molar-refractivity contribution in [3.63, 3.8) is 0 Å². The summed E-state index contributed by atoms with van der Waals surface area (Å²) in [5, 5.41) is 4.04. The molecule has 2 fully saturated rings. The van der Waals surface area contributed by atoms with Crippen LogP contribution in [0, 0.1) is 5.92 Å². The summed E-state index contributed by atoms with van der Waals surface area (Å²) in [5.74, 6) is 0.793. The van der Waals surface area contributed by atoms with Crippen LogP contribution in [0.15, 0.2) is 24.3 Å². The normalized spacial score (nSPS) is 19.3. The van der Waals surface area contributed by atoms with Crippen LogP contribution < -0.4 is 5.32 Å². The van der Waals surface area contributed by atoms with Crippen LogP contribution in [-0.4, -0.2) is 54.3 Å². The van der Waals surface area contributed by atoms with Gasteiger partial charge in [-0.2, -0.15) is 0 Å². The maximum atomic E-state index is 12.4. The van der Waals surface area contributed by atoms with Crippen LogP contribution in [0.1, 0.15) is 31.2 Å². The van der Waals surface area contributed by atoms with Gasteiger partial charge in [-0.25, -0.2) is 0 Å². The lowest BCUT2D eigenvalue weighted by Gasteiger charge is -2.34. The molecule has 0 atom stereocenters. The Morgan fingerprint density at radius 1 is 1.16 bits per heavy atom. The lowest BCUT2D eigenvalue weighted by atomic mass is 9.93. The minimum atomic E-state index is 0.0245. The van der Waals surface area contributed by atoms with Gasteiger partial charge in [-0.15, -0.1) is 0 Å². The molecule has 2 aliphatic rings. The minimum Gasteiger partial charge on any atom is -0.335 e. The van der Waals surface area contributed by atoms with E-state index in [4.69, 9.17) is 11.6 Å². The van der Waals surface area contributed by atoms with Crippen LogP contribution in [0.3, 0.4) is 0 Å². The molecule has 0 aromatic heterocycles. The van der Waals surface area contributed by atoms with E-state index < -0.39 is 0 Å². The van der Waals surface area contributed by atoms with Crippen molar-refractivity contribution in [3.05, 3.63) is 34.9 Å². The third kappa shape index (κ3) is 5.19. The zero-order valence-electron chi connectivity index (χ0n) is 14.5. The first-order valence-corrected chi connectivity index (χ1v) is 9.50. The molecule has 1 aromatic rings. The molecular formula is C19H26ClN3O2. The molecule has 25 heavy (non-hydrogen) atoms. The molecule has 2 aliphatic heterocycles. The number of nitrogens with zero attached hydrogens (tertiary/aromatic N) is 2. The molecule has 0 spiro atoms. The molecule has 0 radical (unpaired) electrons. The van der Waals surface area contributed by atoms with Crippen molar-refractivity contribution in [1.82, 2.24) is 15.1 Å². The predicted molar refractivity (Wildman–Crippen MR) is 98.3 cm³/mol. The van der Waals surface area contributed by atoms with E-state index >= 15 is 0 Å². The molecule has 2 heterocycles. The molecule has 2 amide bonds. The first-order chi connectivity index (χ1) is 12.1. The largest absolute Gasteiger partial charge is 0.335 e. The molecule has 0 unspecified atom stereocenters. The summed E-state index contributed by atoms with van der Waals surface area (Å²) in [7, 11) is 0. The molecule has 1 N–H and O–H groups in total. The topological polar surface area (TPSA) is 52.7 Å². The Hall–Kier alpha value is -1.59. The third-order valence-electron chi connectivity index (χ3n) is 5.18. The van der Waals surface area contributed by atoms with Crippen LogP contribution >= 0.6 is 11.6 Å². The second-order valence-electron chi connectivity index (χ2n) is 6.99. The average Bonchev–Trinajstić information content (AvgIpc) is 2.64. The summed E-state index contributed by atoms with van der Waals surface area (Å²) in [5.41, 5.74) is 1.06. The highest BCUT2D eigenvalue weighted by Gasteiger charge is 2.27. The molecule has 6 heteroatoms. The Balaban J connectivity index is 1.44. The summed E-state index contributed by atoms with van der Waals surface area (Å²) in [6.07, 6.45) is 3.82. The van der Waals surface area contributed by atoms with Crippen molar-refractivity contribution in [2.45, 2.75) is 32.2 Å². The zero-order valence-corrected chi connectivity index (χ0v) is 15.3. The highest BCUT2D eigenvalue weighted by atomic mass is 35.5. The number of carbonyl (C=O) groups is 2. The first-order valence-electron chi connectivity index (χ1n) is 9.12. The standard InChI is InChI=1S/C19H26ClN3O2/c20-17-4-1-16(2-5-17)13-22-11-12-23(14-19(22)25)18(24)6-3-15-7-9-21-10-8-15/h1-2,4-5,15,21H,3,6-14H2. The Labute approximate surface area is 154 Å². The Kier molecular flexibility index (Phi) is 6.32. The van der Waals surface area contributed by atoms with E-state index in [9.17, 15) is 9.59 Å². The number of piperazine rings is 1. The smallest absolute Gasteiger partial charge is 0.242 e. The number of benzene rings is 1. The van der Waals surface area contributed by atoms with Crippen LogP contribution in [0.4, 0.5) is 0 Å². The van der Waals surface area contributed by atoms with Gasteiger partial charge >= 0.3 is 0 Å². The summed E-state index contributed by atoms with van der Waals surface area (Å²) in [4.78, 5) is 28.3. The highest BCUT2D eigenvalue weighted by Crippen LogP contribution is 2.19. The van der Waals surface area contributed by atoms with Crippen molar-refractivity contribution in [2.75, 3.05) is 32.7 Å². The van der Waals surface area contributed by atoms with Gasteiger partial charge in [0.25, 0.3) is 0 Å². The second kappa shape index (κ2) is 8.68. The van der Waals surface area contributed by atoms with E-state index in [0.29, 0.717) is 37.0 Å². The highest BCUT2D eigenvalue weighted by molar-refractivity contribution is 6.30. The van der Waals surface area contributed by atoms with Gasteiger partial charge in [0.15, 0.2) is 0 Å². The van der Waals surface area contributed by atoms with Gasteiger partial charge < -0.3 is 15.1 Å². The van der Waals surface area contributed by atoms with Crippen molar-refractivity contribution >= 4 is 23.4 Å². The van der Waals surface area contributed by atoms with Crippen molar-refractivity contribution in [2.24, 2.45) is 5.92 Å². The van der Waals surface area contributed by atoms with Gasteiger partial charge in [-0.05, 0) is 56.0 Å². The van der Waals surface area contributed by atoms with E-state index in [2.05, 4.69) is 5.32 Å². The Morgan fingerprint density at radius 2 is 1.88 bits per heavy atom. The van der Waals surface area contributed by atoms with Gasteiger partial charge in [0.05, 0.1) is 6.54 Å².